The fourth-order valence-corrected chi connectivity index (χ4v) is 2.72. The van der Waals surface area contributed by atoms with Crippen LogP contribution in [0.2, 0.25) is 0 Å². The van der Waals surface area contributed by atoms with E-state index in [2.05, 4.69) is 20.6 Å². The van der Waals surface area contributed by atoms with Gasteiger partial charge < -0.3 is 10.6 Å². The average Bonchev–Trinajstić information content (AvgIpc) is 2.69. The lowest BCUT2D eigenvalue weighted by molar-refractivity contribution is 0.101. The lowest BCUT2D eigenvalue weighted by atomic mass is 10.1. The van der Waals surface area contributed by atoms with Crippen LogP contribution in [0.5, 0.6) is 0 Å². The molecular formula is C22H21FN4O2. The number of anilines is 2. The summed E-state index contributed by atoms with van der Waals surface area (Å²) in [5.74, 6) is -0.321. The Morgan fingerprint density at radius 2 is 1.69 bits per heavy atom. The van der Waals surface area contributed by atoms with Gasteiger partial charge >= 0.3 is 0 Å². The molecule has 0 bridgehead atoms. The van der Waals surface area contributed by atoms with Gasteiger partial charge in [0, 0.05) is 23.5 Å². The minimum atomic E-state index is -0.368. The second-order valence-electron chi connectivity index (χ2n) is 6.61. The van der Waals surface area contributed by atoms with Crippen molar-refractivity contribution in [1.82, 2.24) is 9.97 Å². The number of nitrogens with one attached hydrogen (secondary N) is 2. The fourth-order valence-electron chi connectivity index (χ4n) is 2.72. The smallest absolute Gasteiger partial charge is 0.274 e. The van der Waals surface area contributed by atoms with Crippen LogP contribution < -0.4 is 10.6 Å². The summed E-state index contributed by atoms with van der Waals surface area (Å²) in [6.07, 6.45) is 0.668. The molecule has 3 rings (SSSR count). The van der Waals surface area contributed by atoms with E-state index < -0.39 is 0 Å². The van der Waals surface area contributed by atoms with E-state index in [-0.39, 0.29) is 23.2 Å². The van der Waals surface area contributed by atoms with Gasteiger partial charge in [-0.25, -0.2) is 14.4 Å². The molecule has 0 fully saturated rings. The number of Topliss-reactive ketones (excluding diaryl/α,β-unsaturated/α-hetero) is 1. The van der Waals surface area contributed by atoms with Crippen LogP contribution in [0.15, 0.2) is 54.6 Å². The lowest BCUT2D eigenvalue weighted by Gasteiger charge is -2.09. The van der Waals surface area contributed by atoms with Gasteiger partial charge in [-0.05, 0) is 68.3 Å². The van der Waals surface area contributed by atoms with E-state index in [0.717, 1.165) is 5.56 Å². The van der Waals surface area contributed by atoms with Gasteiger partial charge in [-0.2, -0.15) is 0 Å². The summed E-state index contributed by atoms with van der Waals surface area (Å²) in [6.45, 7) is 3.82. The highest BCUT2D eigenvalue weighted by Crippen LogP contribution is 2.13. The molecule has 0 spiro atoms. The number of hydrogen-bond donors (Lipinski definition) is 2. The Balaban J connectivity index is 1.63. The van der Waals surface area contributed by atoms with Gasteiger partial charge in [0.2, 0.25) is 5.95 Å². The first-order valence-electron chi connectivity index (χ1n) is 9.17. The molecule has 0 saturated heterocycles. The van der Waals surface area contributed by atoms with Crippen LogP contribution in [0.3, 0.4) is 0 Å². The van der Waals surface area contributed by atoms with Crippen molar-refractivity contribution >= 4 is 23.3 Å². The number of halogens is 1. The highest BCUT2D eigenvalue weighted by molar-refractivity contribution is 6.03. The molecule has 7 heteroatoms. The molecule has 0 radical (unpaired) electrons. The molecule has 0 atom stereocenters. The van der Waals surface area contributed by atoms with Crippen LogP contribution in [-0.2, 0) is 6.42 Å². The summed E-state index contributed by atoms with van der Waals surface area (Å²) in [5.41, 5.74) is 3.02. The monoisotopic (exact) mass is 392 g/mol. The molecule has 1 aromatic heterocycles. The predicted molar refractivity (Wildman–Crippen MR) is 110 cm³/mol. The van der Waals surface area contributed by atoms with Crippen LogP contribution in [0.25, 0.3) is 0 Å². The standard InChI is InChI=1S/C22H21FN4O2/c1-14-13-20(21(29)26-19-9-5-17(6-10-19)15(2)28)27-22(25-14)24-12-11-16-3-7-18(23)8-4-16/h3-10,13H,11-12H2,1-2H3,(H,26,29)(H,24,25,27). The molecule has 2 aromatic carbocycles. The Kier molecular flexibility index (Phi) is 6.29. The van der Waals surface area contributed by atoms with Crippen LogP contribution in [0, 0.1) is 12.7 Å². The third-order valence-electron chi connectivity index (χ3n) is 4.25. The summed E-state index contributed by atoms with van der Waals surface area (Å²) in [6, 6.07) is 14.6. The van der Waals surface area contributed by atoms with Crippen molar-refractivity contribution in [2.24, 2.45) is 0 Å². The van der Waals surface area contributed by atoms with E-state index in [4.69, 9.17) is 0 Å². The lowest BCUT2D eigenvalue weighted by Crippen LogP contribution is -2.17. The molecule has 1 heterocycles. The van der Waals surface area contributed by atoms with Gasteiger partial charge in [-0.1, -0.05) is 12.1 Å². The molecule has 0 aliphatic heterocycles. The SMILES string of the molecule is CC(=O)c1ccc(NC(=O)c2cc(C)nc(NCCc3ccc(F)cc3)n2)cc1. The maximum absolute atomic E-state index is 13.0. The first-order valence-corrected chi connectivity index (χ1v) is 9.17. The second kappa shape index (κ2) is 9.05. The van der Waals surface area contributed by atoms with E-state index >= 15 is 0 Å². The van der Waals surface area contributed by atoms with Gasteiger partial charge in [0.1, 0.15) is 11.5 Å². The second-order valence-corrected chi connectivity index (χ2v) is 6.61. The summed E-state index contributed by atoms with van der Waals surface area (Å²) in [4.78, 5) is 32.4. The molecule has 2 N–H and O–H groups in total. The number of ketones is 1. The highest BCUT2D eigenvalue weighted by atomic mass is 19.1. The Morgan fingerprint density at radius 1 is 1.00 bits per heavy atom. The van der Waals surface area contributed by atoms with E-state index in [1.54, 1.807) is 49.4 Å². The number of amides is 1. The van der Waals surface area contributed by atoms with Crippen LogP contribution in [0.4, 0.5) is 16.0 Å². The Hall–Kier alpha value is -3.61. The van der Waals surface area contributed by atoms with Crippen molar-refractivity contribution < 1.29 is 14.0 Å². The van der Waals surface area contributed by atoms with E-state index in [1.807, 2.05) is 0 Å². The topological polar surface area (TPSA) is 84.0 Å². The maximum atomic E-state index is 13.0. The Bertz CT molecular complexity index is 1020. The van der Waals surface area contributed by atoms with E-state index in [9.17, 15) is 14.0 Å². The maximum Gasteiger partial charge on any atom is 0.274 e. The average molecular weight is 392 g/mol. The molecule has 0 unspecified atom stereocenters. The number of rotatable bonds is 7. The highest BCUT2D eigenvalue weighted by Gasteiger charge is 2.11. The van der Waals surface area contributed by atoms with Crippen molar-refractivity contribution in [3.63, 3.8) is 0 Å². The fraction of sp³-hybridized carbons (Fsp3) is 0.182. The van der Waals surface area contributed by atoms with Gasteiger partial charge in [0.15, 0.2) is 5.78 Å². The normalized spacial score (nSPS) is 10.4. The van der Waals surface area contributed by atoms with Crippen molar-refractivity contribution in [3.8, 4) is 0 Å². The summed E-state index contributed by atoms with van der Waals surface area (Å²) in [5, 5.41) is 5.86. The minimum Gasteiger partial charge on any atom is -0.354 e. The largest absolute Gasteiger partial charge is 0.354 e. The van der Waals surface area contributed by atoms with Gasteiger partial charge in [-0.15, -0.1) is 0 Å². The first-order chi connectivity index (χ1) is 13.9. The van der Waals surface area contributed by atoms with Gasteiger partial charge in [0.25, 0.3) is 5.91 Å². The number of benzene rings is 2. The predicted octanol–water partition coefficient (Wildman–Crippen LogP) is 4.03. The molecule has 3 aromatic rings. The molecular weight excluding hydrogens is 371 g/mol. The van der Waals surface area contributed by atoms with Crippen molar-refractivity contribution in [1.29, 1.82) is 0 Å². The molecule has 0 aliphatic carbocycles. The molecule has 29 heavy (non-hydrogen) atoms. The number of hydrogen-bond acceptors (Lipinski definition) is 5. The molecule has 1 amide bonds. The van der Waals surface area contributed by atoms with Crippen LogP contribution in [0.1, 0.15) is 39.0 Å². The summed E-state index contributed by atoms with van der Waals surface area (Å²) >= 11 is 0. The van der Waals surface area contributed by atoms with E-state index in [1.165, 1.54) is 19.1 Å². The first kappa shape index (κ1) is 20.1. The summed E-state index contributed by atoms with van der Waals surface area (Å²) in [7, 11) is 0. The number of nitrogens with zero attached hydrogens (tertiary/aromatic N) is 2. The molecule has 148 valence electrons. The summed E-state index contributed by atoms with van der Waals surface area (Å²) < 4.78 is 13.0. The van der Waals surface area contributed by atoms with Gasteiger partial charge in [0.05, 0.1) is 0 Å². The number of aryl methyl sites for hydroxylation is 1. The quantitative estimate of drug-likeness (QED) is 0.593. The van der Waals surface area contributed by atoms with Crippen LogP contribution >= 0.6 is 0 Å². The molecule has 0 aliphatic rings. The zero-order chi connectivity index (χ0) is 20.8. The van der Waals surface area contributed by atoms with Crippen molar-refractivity contribution in [2.45, 2.75) is 20.3 Å². The van der Waals surface area contributed by atoms with Crippen molar-refractivity contribution in [3.05, 3.63) is 82.9 Å². The number of carbonyl (C=O) groups is 2. The third kappa shape index (κ3) is 5.68. The Morgan fingerprint density at radius 3 is 2.34 bits per heavy atom. The zero-order valence-electron chi connectivity index (χ0n) is 16.2. The number of aromatic nitrogens is 2. The van der Waals surface area contributed by atoms with Gasteiger partial charge in [-0.3, -0.25) is 9.59 Å². The minimum absolute atomic E-state index is 0.0364. The van der Waals surface area contributed by atoms with E-state index in [0.29, 0.717) is 35.9 Å². The van der Waals surface area contributed by atoms with Crippen LogP contribution in [-0.4, -0.2) is 28.2 Å². The third-order valence-corrected chi connectivity index (χ3v) is 4.25. The van der Waals surface area contributed by atoms with Crippen molar-refractivity contribution in [2.75, 3.05) is 17.2 Å². The zero-order valence-corrected chi connectivity index (χ0v) is 16.2. The Labute approximate surface area is 168 Å². The molecule has 0 saturated carbocycles. The number of carbonyl (C=O) groups excluding carboxylic acids is 2. The molecule has 6 nitrogen and oxygen atoms in total.